The number of nitrogens with zero attached hydrogens (tertiary/aromatic N) is 2. The van der Waals surface area contributed by atoms with Crippen LogP contribution in [0, 0.1) is 6.92 Å². The minimum absolute atomic E-state index is 0.670. The summed E-state index contributed by atoms with van der Waals surface area (Å²) in [7, 11) is 0. The number of alkyl halides is 1. The first-order chi connectivity index (χ1) is 6.79. The lowest BCUT2D eigenvalue weighted by Crippen LogP contribution is -1.88. The summed E-state index contributed by atoms with van der Waals surface area (Å²) in [6.45, 7) is 2.02. The molecule has 2 aromatic heterocycles. The van der Waals surface area contributed by atoms with E-state index < -0.39 is 0 Å². The lowest BCUT2D eigenvalue weighted by Gasteiger charge is -1.90. The summed E-state index contributed by atoms with van der Waals surface area (Å²) in [5.74, 6) is 1.64. The maximum Gasteiger partial charge on any atom is 0.177 e. The molecule has 0 aliphatic rings. The summed E-state index contributed by atoms with van der Waals surface area (Å²) in [5, 5.41) is 0. The van der Waals surface area contributed by atoms with Crippen LogP contribution in [0.25, 0.3) is 11.2 Å². The van der Waals surface area contributed by atoms with Crippen molar-refractivity contribution in [3.63, 3.8) is 0 Å². The fraction of sp³-hybridized carbons (Fsp3) is 0.400. The Bertz CT molecular complexity index is 436. The zero-order chi connectivity index (χ0) is 9.97. The van der Waals surface area contributed by atoms with Crippen LogP contribution in [0.5, 0.6) is 0 Å². The van der Waals surface area contributed by atoms with Crippen LogP contribution in [0.2, 0.25) is 0 Å². The van der Waals surface area contributed by atoms with E-state index in [2.05, 4.69) is 21.0 Å². The van der Waals surface area contributed by atoms with Crippen LogP contribution in [0.15, 0.2) is 12.3 Å². The zero-order valence-corrected chi connectivity index (χ0v) is 8.80. The van der Waals surface area contributed by atoms with Gasteiger partial charge in [0.2, 0.25) is 0 Å². The number of hydrogen-bond acceptors (Lipinski definition) is 2. The van der Waals surface area contributed by atoms with E-state index in [0.717, 1.165) is 35.4 Å². The average molecular weight is 210 g/mol. The Morgan fingerprint density at radius 2 is 2.36 bits per heavy atom. The summed E-state index contributed by atoms with van der Waals surface area (Å²) in [6, 6.07) is 2.06. The Balaban J connectivity index is 2.32. The van der Waals surface area contributed by atoms with E-state index in [9.17, 15) is 0 Å². The first kappa shape index (κ1) is 9.46. The predicted octanol–water partition coefficient (Wildman–Crippen LogP) is 2.44. The maximum atomic E-state index is 5.62. The van der Waals surface area contributed by atoms with Gasteiger partial charge < -0.3 is 4.98 Å². The SMILES string of the molecule is Cc1cnc2nc(CCCCl)[nH]c2c1. The Labute approximate surface area is 87.5 Å². The highest BCUT2D eigenvalue weighted by Gasteiger charge is 2.02. The third-order valence-corrected chi connectivity index (χ3v) is 2.34. The van der Waals surface area contributed by atoms with Crippen molar-refractivity contribution in [2.45, 2.75) is 19.8 Å². The minimum Gasteiger partial charge on any atom is -0.341 e. The van der Waals surface area contributed by atoms with Crippen LogP contribution in [0.1, 0.15) is 17.8 Å². The fourth-order valence-electron chi connectivity index (χ4n) is 1.41. The lowest BCUT2D eigenvalue weighted by atomic mass is 10.3. The molecule has 2 heterocycles. The van der Waals surface area contributed by atoms with E-state index >= 15 is 0 Å². The minimum atomic E-state index is 0.670. The largest absolute Gasteiger partial charge is 0.341 e. The van der Waals surface area contributed by atoms with Crippen LogP contribution in [-0.2, 0) is 6.42 Å². The number of imidazole rings is 1. The van der Waals surface area contributed by atoms with Crippen LogP contribution >= 0.6 is 11.6 Å². The Morgan fingerprint density at radius 1 is 1.50 bits per heavy atom. The number of pyridine rings is 1. The molecule has 0 aliphatic heterocycles. The molecule has 0 radical (unpaired) electrons. The topological polar surface area (TPSA) is 41.6 Å². The molecular formula is C10H12ClN3. The Hall–Kier alpha value is -1.09. The highest BCUT2D eigenvalue weighted by molar-refractivity contribution is 6.17. The summed E-state index contributed by atoms with van der Waals surface area (Å²) >= 11 is 5.62. The molecule has 0 atom stereocenters. The van der Waals surface area contributed by atoms with Gasteiger partial charge in [-0.15, -0.1) is 11.6 Å². The van der Waals surface area contributed by atoms with Crippen molar-refractivity contribution >= 4 is 22.8 Å². The molecule has 74 valence electrons. The standard InChI is InChI=1S/C10H12ClN3/c1-7-5-8-10(12-6-7)14-9(13-8)3-2-4-11/h5-6H,2-4H2,1H3,(H,12,13,14). The fourth-order valence-corrected chi connectivity index (χ4v) is 1.54. The summed E-state index contributed by atoms with van der Waals surface area (Å²) < 4.78 is 0. The molecule has 3 nitrogen and oxygen atoms in total. The highest BCUT2D eigenvalue weighted by atomic mass is 35.5. The van der Waals surface area contributed by atoms with Gasteiger partial charge in [-0.05, 0) is 25.0 Å². The van der Waals surface area contributed by atoms with Crippen molar-refractivity contribution in [1.29, 1.82) is 0 Å². The monoisotopic (exact) mass is 209 g/mol. The molecule has 1 N–H and O–H groups in total. The average Bonchev–Trinajstić information content (AvgIpc) is 2.56. The van der Waals surface area contributed by atoms with Gasteiger partial charge in [0.05, 0.1) is 5.52 Å². The van der Waals surface area contributed by atoms with E-state index in [1.807, 2.05) is 13.1 Å². The Morgan fingerprint density at radius 3 is 3.14 bits per heavy atom. The summed E-state index contributed by atoms with van der Waals surface area (Å²) in [6.07, 6.45) is 3.66. The van der Waals surface area contributed by atoms with Gasteiger partial charge in [-0.3, -0.25) is 0 Å². The van der Waals surface area contributed by atoms with Gasteiger partial charge in [0, 0.05) is 18.5 Å². The molecule has 0 amide bonds. The highest BCUT2D eigenvalue weighted by Crippen LogP contribution is 2.11. The van der Waals surface area contributed by atoms with E-state index in [1.165, 1.54) is 0 Å². The molecule has 2 rings (SSSR count). The second-order valence-electron chi connectivity index (χ2n) is 3.36. The number of aryl methyl sites for hydroxylation is 2. The Kier molecular flexibility index (Phi) is 2.68. The second kappa shape index (κ2) is 3.96. The summed E-state index contributed by atoms with van der Waals surface area (Å²) in [5.41, 5.74) is 2.94. The molecule has 0 bridgehead atoms. The lowest BCUT2D eigenvalue weighted by molar-refractivity contribution is 0.866. The summed E-state index contributed by atoms with van der Waals surface area (Å²) in [4.78, 5) is 11.8. The molecule has 4 heteroatoms. The molecule has 2 aromatic rings. The number of H-pyrrole nitrogens is 1. The number of aromatic nitrogens is 3. The van der Waals surface area contributed by atoms with Gasteiger partial charge in [-0.25, -0.2) is 9.97 Å². The molecule has 0 saturated carbocycles. The molecule has 0 unspecified atom stereocenters. The van der Waals surface area contributed by atoms with Gasteiger partial charge in [0.1, 0.15) is 5.82 Å². The third kappa shape index (κ3) is 1.87. The van der Waals surface area contributed by atoms with Crippen molar-refractivity contribution < 1.29 is 0 Å². The smallest absolute Gasteiger partial charge is 0.177 e. The van der Waals surface area contributed by atoms with E-state index in [-0.39, 0.29) is 0 Å². The second-order valence-corrected chi connectivity index (χ2v) is 3.74. The van der Waals surface area contributed by atoms with Crippen LogP contribution in [-0.4, -0.2) is 20.8 Å². The number of nitrogens with one attached hydrogen (secondary N) is 1. The molecule has 0 aliphatic carbocycles. The van der Waals surface area contributed by atoms with Crippen molar-refractivity contribution in [2.24, 2.45) is 0 Å². The van der Waals surface area contributed by atoms with Crippen LogP contribution < -0.4 is 0 Å². The number of fused-ring (bicyclic) bond motifs is 1. The number of hydrogen-bond donors (Lipinski definition) is 1. The molecular weight excluding hydrogens is 198 g/mol. The van der Waals surface area contributed by atoms with E-state index in [0.29, 0.717) is 5.88 Å². The van der Waals surface area contributed by atoms with E-state index in [1.54, 1.807) is 0 Å². The van der Waals surface area contributed by atoms with Gasteiger partial charge in [-0.2, -0.15) is 0 Å². The molecule has 0 spiro atoms. The van der Waals surface area contributed by atoms with Crippen molar-refractivity contribution in [3.8, 4) is 0 Å². The quantitative estimate of drug-likeness (QED) is 0.789. The molecule has 14 heavy (non-hydrogen) atoms. The number of rotatable bonds is 3. The normalized spacial score (nSPS) is 11.0. The van der Waals surface area contributed by atoms with Gasteiger partial charge in [0.15, 0.2) is 5.65 Å². The molecule has 0 saturated heterocycles. The number of halogens is 1. The van der Waals surface area contributed by atoms with Gasteiger partial charge >= 0.3 is 0 Å². The van der Waals surface area contributed by atoms with E-state index in [4.69, 9.17) is 11.6 Å². The predicted molar refractivity (Wildman–Crippen MR) is 57.7 cm³/mol. The first-order valence-corrected chi connectivity index (χ1v) is 5.20. The van der Waals surface area contributed by atoms with Gasteiger partial charge in [-0.1, -0.05) is 0 Å². The zero-order valence-electron chi connectivity index (χ0n) is 8.05. The van der Waals surface area contributed by atoms with Crippen molar-refractivity contribution in [2.75, 3.05) is 5.88 Å². The third-order valence-electron chi connectivity index (χ3n) is 2.07. The van der Waals surface area contributed by atoms with Crippen LogP contribution in [0.3, 0.4) is 0 Å². The molecule has 0 aromatic carbocycles. The molecule has 0 fully saturated rings. The first-order valence-electron chi connectivity index (χ1n) is 4.67. The van der Waals surface area contributed by atoms with Gasteiger partial charge in [0.25, 0.3) is 0 Å². The van der Waals surface area contributed by atoms with Crippen molar-refractivity contribution in [1.82, 2.24) is 15.0 Å². The van der Waals surface area contributed by atoms with Crippen LogP contribution in [0.4, 0.5) is 0 Å². The number of aromatic amines is 1. The van der Waals surface area contributed by atoms with Crippen molar-refractivity contribution in [3.05, 3.63) is 23.7 Å². The maximum absolute atomic E-state index is 5.62.